The molecule has 1 heterocycles. The maximum absolute atomic E-state index is 11.8. The van der Waals surface area contributed by atoms with Gasteiger partial charge in [-0.1, -0.05) is 6.07 Å². The second-order valence-electron chi connectivity index (χ2n) is 5.81. The van der Waals surface area contributed by atoms with E-state index < -0.39 is 21.2 Å². The van der Waals surface area contributed by atoms with E-state index in [0.29, 0.717) is 0 Å². The Kier molecular flexibility index (Phi) is 5.54. The SMILES string of the molecule is CC(C)(O)C(C)(C)NC(=O)CCNS(=O)(=O)c1cccs1. The Balaban J connectivity index is 2.48. The molecular weight excluding hydrogens is 312 g/mol. The van der Waals surface area contributed by atoms with Crippen molar-refractivity contribution in [1.82, 2.24) is 10.0 Å². The van der Waals surface area contributed by atoms with Gasteiger partial charge in [0.1, 0.15) is 4.21 Å². The van der Waals surface area contributed by atoms with Crippen molar-refractivity contribution in [3.05, 3.63) is 17.5 Å². The predicted molar refractivity (Wildman–Crippen MR) is 82.6 cm³/mol. The normalized spacial score (nSPS) is 13.2. The highest BCUT2D eigenvalue weighted by Crippen LogP contribution is 2.20. The minimum Gasteiger partial charge on any atom is -0.388 e. The Morgan fingerprint density at radius 1 is 1.33 bits per heavy atom. The number of hydrogen-bond acceptors (Lipinski definition) is 5. The molecule has 0 atom stereocenters. The van der Waals surface area contributed by atoms with Gasteiger partial charge in [-0.15, -0.1) is 11.3 Å². The van der Waals surface area contributed by atoms with E-state index in [1.165, 1.54) is 6.07 Å². The molecule has 0 spiro atoms. The fourth-order valence-corrected chi connectivity index (χ4v) is 3.42. The Morgan fingerprint density at radius 3 is 2.43 bits per heavy atom. The molecule has 0 bridgehead atoms. The van der Waals surface area contributed by atoms with Crippen molar-refractivity contribution < 1.29 is 18.3 Å². The van der Waals surface area contributed by atoms with Crippen LogP contribution < -0.4 is 10.0 Å². The number of carbonyl (C=O) groups is 1. The third-order valence-electron chi connectivity index (χ3n) is 3.39. The maximum Gasteiger partial charge on any atom is 0.250 e. The van der Waals surface area contributed by atoms with Crippen LogP contribution >= 0.6 is 11.3 Å². The molecule has 0 saturated heterocycles. The van der Waals surface area contributed by atoms with Crippen LogP contribution in [0.25, 0.3) is 0 Å². The molecule has 8 heteroatoms. The van der Waals surface area contributed by atoms with Gasteiger partial charge in [-0.2, -0.15) is 0 Å². The van der Waals surface area contributed by atoms with Gasteiger partial charge in [0, 0.05) is 13.0 Å². The van der Waals surface area contributed by atoms with Crippen LogP contribution in [0.4, 0.5) is 0 Å². The highest BCUT2D eigenvalue weighted by atomic mass is 32.2. The highest BCUT2D eigenvalue weighted by Gasteiger charge is 2.36. The lowest BCUT2D eigenvalue weighted by Crippen LogP contribution is -2.58. The molecule has 3 N–H and O–H groups in total. The van der Waals surface area contributed by atoms with Crippen molar-refractivity contribution in [3.8, 4) is 0 Å². The first kappa shape index (κ1) is 18.1. The van der Waals surface area contributed by atoms with Crippen molar-refractivity contribution in [2.24, 2.45) is 0 Å². The zero-order valence-corrected chi connectivity index (χ0v) is 14.3. The van der Waals surface area contributed by atoms with Crippen LogP contribution in [0.1, 0.15) is 34.1 Å². The van der Waals surface area contributed by atoms with Gasteiger partial charge in [-0.25, -0.2) is 13.1 Å². The quantitative estimate of drug-likeness (QED) is 0.695. The number of aliphatic hydroxyl groups is 1. The Bertz CT molecular complexity index is 572. The van der Waals surface area contributed by atoms with Gasteiger partial charge >= 0.3 is 0 Å². The van der Waals surface area contributed by atoms with Gasteiger partial charge in [0.25, 0.3) is 0 Å². The molecule has 0 aliphatic heterocycles. The monoisotopic (exact) mass is 334 g/mol. The molecule has 1 aromatic rings. The summed E-state index contributed by atoms with van der Waals surface area (Å²) in [7, 11) is -3.55. The number of carbonyl (C=O) groups excluding carboxylic acids is 1. The fourth-order valence-electron chi connectivity index (χ4n) is 1.35. The van der Waals surface area contributed by atoms with E-state index in [-0.39, 0.29) is 23.1 Å². The van der Waals surface area contributed by atoms with E-state index in [1.54, 1.807) is 39.1 Å². The second-order valence-corrected chi connectivity index (χ2v) is 8.75. The molecule has 1 rings (SSSR count). The standard InChI is InChI=1S/C13H22N2O4S2/c1-12(2,13(3,4)17)15-10(16)7-8-14-21(18,19)11-6-5-9-20-11/h5-6,9,14,17H,7-8H2,1-4H3,(H,15,16). The summed E-state index contributed by atoms with van der Waals surface area (Å²) < 4.78 is 26.3. The molecule has 0 saturated carbocycles. The number of sulfonamides is 1. The zero-order valence-electron chi connectivity index (χ0n) is 12.6. The molecule has 0 fully saturated rings. The minimum absolute atomic E-state index is 0.00408. The summed E-state index contributed by atoms with van der Waals surface area (Å²) in [4.78, 5) is 11.8. The van der Waals surface area contributed by atoms with E-state index in [2.05, 4.69) is 10.0 Å². The molecule has 21 heavy (non-hydrogen) atoms. The van der Waals surface area contributed by atoms with Crippen LogP contribution in [0, 0.1) is 0 Å². The predicted octanol–water partition coefficient (Wildman–Crippen LogP) is 1.08. The molecule has 1 aromatic heterocycles. The van der Waals surface area contributed by atoms with E-state index >= 15 is 0 Å². The van der Waals surface area contributed by atoms with Gasteiger partial charge in [0.15, 0.2) is 0 Å². The molecule has 0 unspecified atom stereocenters. The summed E-state index contributed by atoms with van der Waals surface area (Å²) in [5.41, 5.74) is -1.89. The van der Waals surface area contributed by atoms with Crippen LogP contribution in [0.15, 0.2) is 21.7 Å². The average Bonchev–Trinajstić information content (AvgIpc) is 2.79. The molecule has 0 aromatic carbocycles. The van der Waals surface area contributed by atoms with Crippen LogP contribution in [0.5, 0.6) is 0 Å². The van der Waals surface area contributed by atoms with Gasteiger partial charge < -0.3 is 10.4 Å². The molecule has 1 amide bonds. The molecule has 0 aliphatic carbocycles. The van der Waals surface area contributed by atoms with E-state index in [1.807, 2.05) is 0 Å². The maximum atomic E-state index is 11.8. The average molecular weight is 334 g/mol. The molecule has 0 aliphatic rings. The Labute approximate surface area is 129 Å². The lowest BCUT2D eigenvalue weighted by Gasteiger charge is -2.38. The molecule has 120 valence electrons. The minimum atomic E-state index is -3.55. The molecular formula is C13H22N2O4S2. The number of hydrogen-bond donors (Lipinski definition) is 3. The van der Waals surface area contributed by atoms with E-state index in [0.717, 1.165) is 11.3 Å². The van der Waals surface area contributed by atoms with Crippen LogP contribution in [0.2, 0.25) is 0 Å². The van der Waals surface area contributed by atoms with Crippen molar-refractivity contribution in [2.75, 3.05) is 6.54 Å². The summed E-state index contributed by atoms with van der Waals surface area (Å²) in [5, 5.41) is 14.3. The van der Waals surface area contributed by atoms with E-state index in [4.69, 9.17) is 0 Å². The smallest absolute Gasteiger partial charge is 0.250 e. The summed E-state index contributed by atoms with van der Waals surface area (Å²) >= 11 is 1.12. The van der Waals surface area contributed by atoms with Gasteiger partial charge in [0.05, 0.1) is 11.1 Å². The largest absolute Gasteiger partial charge is 0.388 e. The summed E-state index contributed by atoms with van der Waals surface area (Å²) in [6.45, 7) is 6.63. The first-order chi connectivity index (χ1) is 9.46. The Morgan fingerprint density at radius 2 is 1.95 bits per heavy atom. The van der Waals surface area contributed by atoms with Crippen LogP contribution in [0.3, 0.4) is 0 Å². The first-order valence-corrected chi connectivity index (χ1v) is 8.88. The fraction of sp³-hybridized carbons (Fsp3) is 0.615. The summed E-state index contributed by atoms with van der Waals surface area (Å²) in [6.07, 6.45) is 0.00408. The van der Waals surface area contributed by atoms with Crippen molar-refractivity contribution in [1.29, 1.82) is 0 Å². The third-order valence-corrected chi connectivity index (χ3v) is 6.24. The summed E-state index contributed by atoms with van der Waals surface area (Å²) in [5.74, 6) is -0.323. The van der Waals surface area contributed by atoms with Crippen molar-refractivity contribution in [2.45, 2.75) is 49.5 Å². The highest BCUT2D eigenvalue weighted by molar-refractivity contribution is 7.91. The number of nitrogens with one attached hydrogen (secondary N) is 2. The van der Waals surface area contributed by atoms with Crippen LogP contribution in [-0.4, -0.2) is 37.1 Å². The van der Waals surface area contributed by atoms with Crippen molar-refractivity contribution in [3.63, 3.8) is 0 Å². The molecule has 6 nitrogen and oxygen atoms in total. The number of amides is 1. The van der Waals surface area contributed by atoms with Crippen molar-refractivity contribution >= 4 is 27.3 Å². The third kappa shape index (κ3) is 5.06. The molecule has 0 radical (unpaired) electrons. The van der Waals surface area contributed by atoms with E-state index in [9.17, 15) is 18.3 Å². The Hall–Kier alpha value is -0.960. The zero-order chi connectivity index (χ0) is 16.3. The summed E-state index contributed by atoms with van der Waals surface area (Å²) in [6, 6.07) is 3.16. The van der Waals surface area contributed by atoms with Crippen LogP contribution in [-0.2, 0) is 14.8 Å². The lowest BCUT2D eigenvalue weighted by atomic mass is 9.86. The first-order valence-electron chi connectivity index (χ1n) is 6.52. The van der Waals surface area contributed by atoms with Gasteiger partial charge in [-0.3, -0.25) is 4.79 Å². The van der Waals surface area contributed by atoms with Gasteiger partial charge in [0.2, 0.25) is 15.9 Å². The lowest BCUT2D eigenvalue weighted by molar-refractivity contribution is -0.126. The number of rotatable bonds is 7. The topological polar surface area (TPSA) is 95.5 Å². The van der Waals surface area contributed by atoms with Gasteiger partial charge in [-0.05, 0) is 39.1 Å². The second kappa shape index (κ2) is 6.43. The number of thiophene rings is 1.